The molecule has 0 radical (unpaired) electrons. The summed E-state index contributed by atoms with van der Waals surface area (Å²) in [6, 6.07) is 11.2. The molecule has 0 bridgehead atoms. The van der Waals surface area contributed by atoms with Crippen LogP contribution in [0.25, 0.3) is 0 Å². The molecule has 1 aliphatic heterocycles. The van der Waals surface area contributed by atoms with Crippen molar-refractivity contribution in [3.8, 4) is 0 Å². The minimum Gasteiger partial charge on any atom is -0.366 e. The molecule has 0 atom stereocenters. The van der Waals surface area contributed by atoms with E-state index in [2.05, 4.69) is 20.4 Å². The van der Waals surface area contributed by atoms with Crippen molar-refractivity contribution in [1.29, 1.82) is 0 Å². The Morgan fingerprint density at radius 2 is 1.95 bits per heavy atom. The number of hydrogen-bond acceptors (Lipinski definition) is 4. The zero-order valence-electron chi connectivity index (χ0n) is 11.9. The van der Waals surface area contributed by atoms with Gasteiger partial charge in [0.05, 0.1) is 0 Å². The third-order valence-electron chi connectivity index (χ3n) is 3.86. The number of anilines is 1. The molecule has 0 saturated carbocycles. The van der Waals surface area contributed by atoms with Crippen LogP contribution in [0.1, 0.15) is 18.4 Å². The van der Waals surface area contributed by atoms with Gasteiger partial charge < -0.3 is 5.32 Å². The van der Waals surface area contributed by atoms with Crippen molar-refractivity contribution in [3.63, 3.8) is 0 Å². The summed E-state index contributed by atoms with van der Waals surface area (Å²) >= 11 is 0. The van der Waals surface area contributed by atoms with Crippen LogP contribution in [0.2, 0.25) is 0 Å². The fourth-order valence-corrected chi connectivity index (χ4v) is 2.69. The third-order valence-corrected chi connectivity index (χ3v) is 3.86. The summed E-state index contributed by atoms with van der Waals surface area (Å²) in [5.41, 5.74) is 0.776. The van der Waals surface area contributed by atoms with Crippen LogP contribution in [0.5, 0.6) is 0 Å². The molecule has 0 amide bonds. The summed E-state index contributed by atoms with van der Waals surface area (Å²) in [6.07, 6.45) is 3.73. The summed E-state index contributed by atoms with van der Waals surface area (Å²) in [5, 5.41) is 11.3. The predicted octanol–water partition coefficient (Wildman–Crippen LogP) is 2.69. The second kappa shape index (κ2) is 6.63. The number of likely N-dealkylation sites (tertiary alicyclic amines) is 1. The number of piperidine rings is 1. The Hall–Kier alpha value is -2.01. The number of benzene rings is 1. The first-order chi connectivity index (χ1) is 10.3. The molecule has 110 valence electrons. The highest BCUT2D eigenvalue weighted by Gasteiger charge is 2.20. The Balaban J connectivity index is 1.50. The summed E-state index contributed by atoms with van der Waals surface area (Å²) in [4.78, 5) is 2.30. The van der Waals surface area contributed by atoms with Crippen LogP contribution in [0.4, 0.5) is 10.2 Å². The second-order valence-electron chi connectivity index (χ2n) is 5.40. The van der Waals surface area contributed by atoms with Crippen LogP contribution in [0.15, 0.2) is 42.6 Å². The molecule has 3 rings (SSSR count). The van der Waals surface area contributed by atoms with Gasteiger partial charge in [-0.3, -0.25) is 4.90 Å². The minimum absolute atomic E-state index is 0.114. The Bertz CT molecular complexity index is 567. The van der Waals surface area contributed by atoms with Crippen LogP contribution in [0, 0.1) is 5.82 Å². The quantitative estimate of drug-likeness (QED) is 0.938. The highest BCUT2D eigenvalue weighted by atomic mass is 19.1. The highest BCUT2D eigenvalue weighted by molar-refractivity contribution is 5.33. The lowest BCUT2D eigenvalue weighted by Crippen LogP contribution is -2.39. The van der Waals surface area contributed by atoms with Crippen molar-refractivity contribution >= 4 is 5.82 Å². The standard InChI is InChI=1S/C16H19FN4/c17-15-5-2-1-4-13(15)12-21-10-7-14(8-11-21)19-16-6-3-9-18-20-16/h1-6,9,14H,7-8,10-12H2,(H,19,20). The molecule has 0 unspecified atom stereocenters. The van der Waals surface area contributed by atoms with Crippen molar-refractivity contribution in [3.05, 3.63) is 54.0 Å². The summed E-state index contributed by atoms with van der Waals surface area (Å²) in [7, 11) is 0. The monoisotopic (exact) mass is 286 g/mol. The van der Waals surface area contributed by atoms with E-state index in [0.717, 1.165) is 37.3 Å². The van der Waals surface area contributed by atoms with E-state index in [1.54, 1.807) is 12.3 Å². The summed E-state index contributed by atoms with van der Waals surface area (Å²) in [6.45, 7) is 2.61. The van der Waals surface area contributed by atoms with Gasteiger partial charge in [-0.15, -0.1) is 5.10 Å². The Kier molecular flexibility index (Phi) is 4.40. The number of halogens is 1. The molecule has 2 aromatic rings. The molecule has 21 heavy (non-hydrogen) atoms. The first kappa shape index (κ1) is 13.9. The maximum Gasteiger partial charge on any atom is 0.148 e. The van der Waals surface area contributed by atoms with Gasteiger partial charge in [-0.1, -0.05) is 18.2 Å². The molecule has 4 nitrogen and oxygen atoms in total. The van der Waals surface area contributed by atoms with Crippen molar-refractivity contribution < 1.29 is 4.39 Å². The number of rotatable bonds is 4. The third kappa shape index (κ3) is 3.76. The molecule has 2 heterocycles. The molecule has 0 aliphatic carbocycles. The zero-order valence-corrected chi connectivity index (χ0v) is 11.9. The fraction of sp³-hybridized carbons (Fsp3) is 0.375. The van der Waals surface area contributed by atoms with Gasteiger partial charge in [0.1, 0.15) is 11.6 Å². The van der Waals surface area contributed by atoms with E-state index in [9.17, 15) is 4.39 Å². The van der Waals surface area contributed by atoms with Gasteiger partial charge in [0.15, 0.2) is 0 Å². The second-order valence-corrected chi connectivity index (χ2v) is 5.40. The maximum absolute atomic E-state index is 13.7. The molecule has 0 spiro atoms. The van der Waals surface area contributed by atoms with Crippen LogP contribution in [-0.2, 0) is 6.54 Å². The molecule has 1 aliphatic rings. The van der Waals surface area contributed by atoms with Crippen LogP contribution < -0.4 is 5.32 Å². The highest BCUT2D eigenvalue weighted by Crippen LogP contribution is 2.17. The predicted molar refractivity (Wildman–Crippen MR) is 80.4 cm³/mol. The average molecular weight is 286 g/mol. The van der Waals surface area contributed by atoms with Crippen LogP contribution in [-0.4, -0.2) is 34.2 Å². The topological polar surface area (TPSA) is 41.0 Å². The van der Waals surface area contributed by atoms with Gasteiger partial charge in [-0.25, -0.2) is 4.39 Å². The van der Waals surface area contributed by atoms with E-state index in [-0.39, 0.29) is 5.82 Å². The van der Waals surface area contributed by atoms with Gasteiger partial charge in [-0.2, -0.15) is 5.10 Å². The largest absolute Gasteiger partial charge is 0.366 e. The smallest absolute Gasteiger partial charge is 0.148 e. The van der Waals surface area contributed by atoms with Crippen molar-refractivity contribution in [1.82, 2.24) is 15.1 Å². The van der Waals surface area contributed by atoms with E-state index in [1.165, 1.54) is 6.07 Å². The molecule has 1 fully saturated rings. The van der Waals surface area contributed by atoms with E-state index in [4.69, 9.17) is 0 Å². The van der Waals surface area contributed by atoms with Gasteiger partial charge in [0, 0.05) is 37.4 Å². The number of nitrogens with zero attached hydrogens (tertiary/aromatic N) is 3. The van der Waals surface area contributed by atoms with E-state index >= 15 is 0 Å². The average Bonchev–Trinajstić information content (AvgIpc) is 2.52. The molecule has 1 aromatic heterocycles. The van der Waals surface area contributed by atoms with Crippen molar-refractivity contribution in [2.75, 3.05) is 18.4 Å². The Labute approximate surface area is 124 Å². The lowest BCUT2D eigenvalue weighted by atomic mass is 10.0. The Morgan fingerprint density at radius 3 is 2.67 bits per heavy atom. The van der Waals surface area contributed by atoms with Gasteiger partial charge in [0.2, 0.25) is 0 Å². The van der Waals surface area contributed by atoms with Gasteiger partial charge in [-0.05, 0) is 31.0 Å². The molecule has 1 saturated heterocycles. The maximum atomic E-state index is 13.7. The molecule has 1 aromatic carbocycles. The van der Waals surface area contributed by atoms with Crippen LogP contribution >= 0.6 is 0 Å². The zero-order chi connectivity index (χ0) is 14.5. The molecular formula is C16H19FN4. The summed E-state index contributed by atoms with van der Waals surface area (Å²) in [5.74, 6) is 0.711. The molecular weight excluding hydrogens is 267 g/mol. The fourth-order valence-electron chi connectivity index (χ4n) is 2.69. The minimum atomic E-state index is -0.114. The lowest BCUT2D eigenvalue weighted by Gasteiger charge is -2.32. The molecule has 5 heteroatoms. The first-order valence-corrected chi connectivity index (χ1v) is 7.31. The van der Waals surface area contributed by atoms with Gasteiger partial charge >= 0.3 is 0 Å². The van der Waals surface area contributed by atoms with Crippen molar-refractivity contribution in [2.45, 2.75) is 25.4 Å². The SMILES string of the molecule is Fc1ccccc1CN1CCC(Nc2cccnn2)CC1. The lowest BCUT2D eigenvalue weighted by molar-refractivity contribution is 0.209. The Morgan fingerprint density at radius 1 is 1.14 bits per heavy atom. The van der Waals surface area contributed by atoms with E-state index in [1.807, 2.05) is 24.3 Å². The van der Waals surface area contributed by atoms with Crippen molar-refractivity contribution in [2.24, 2.45) is 0 Å². The van der Waals surface area contributed by atoms with Crippen LogP contribution in [0.3, 0.4) is 0 Å². The number of hydrogen-bond donors (Lipinski definition) is 1. The number of aromatic nitrogens is 2. The van der Waals surface area contributed by atoms with E-state index in [0.29, 0.717) is 12.6 Å². The van der Waals surface area contributed by atoms with Gasteiger partial charge in [0.25, 0.3) is 0 Å². The normalized spacial score (nSPS) is 16.8. The summed E-state index contributed by atoms with van der Waals surface area (Å²) < 4.78 is 13.7. The van der Waals surface area contributed by atoms with E-state index < -0.39 is 0 Å². The molecule has 1 N–H and O–H groups in total. The first-order valence-electron chi connectivity index (χ1n) is 7.31. The number of nitrogens with one attached hydrogen (secondary N) is 1.